The minimum Gasteiger partial charge on any atom is -0.377 e. The Morgan fingerprint density at radius 3 is 2.50 bits per heavy atom. The van der Waals surface area contributed by atoms with Crippen LogP contribution in [0.2, 0.25) is 0 Å². The highest BCUT2D eigenvalue weighted by atomic mass is 16.5. The minimum atomic E-state index is 0.535. The van der Waals surface area contributed by atoms with Crippen molar-refractivity contribution in [2.24, 2.45) is 0 Å². The van der Waals surface area contributed by atoms with E-state index in [-0.39, 0.29) is 0 Å². The Morgan fingerprint density at radius 1 is 1.11 bits per heavy atom. The van der Waals surface area contributed by atoms with Gasteiger partial charge in [0.05, 0.1) is 12.7 Å². The molecule has 2 aliphatic rings. The molecule has 1 aliphatic carbocycles. The number of likely N-dealkylation sites (tertiary alicyclic amines) is 1. The summed E-state index contributed by atoms with van der Waals surface area (Å²) in [6.45, 7) is 8.07. The molecule has 0 aromatic rings. The molecule has 0 bridgehead atoms. The molecule has 1 aliphatic heterocycles. The molecule has 1 N–H and O–H groups in total. The zero-order valence-corrected chi connectivity index (χ0v) is 12.0. The number of nitrogens with zero attached hydrogens (tertiary/aromatic N) is 1. The van der Waals surface area contributed by atoms with Crippen molar-refractivity contribution in [2.75, 3.05) is 32.8 Å². The van der Waals surface area contributed by atoms with E-state index >= 15 is 0 Å². The van der Waals surface area contributed by atoms with Gasteiger partial charge in [0.1, 0.15) is 0 Å². The van der Waals surface area contributed by atoms with Crippen LogP contribution in [0.25, 0.3) is 0 Å². The normalized spacial score (nSPS) is 29.8. The summed E-state index contributed by atoms with van der Waals surface area (Å²) in [4.78, 5) is 2.54. The number of rotatable bonds is 7. The van der Waals surface area contributed by atoms with Crippen LogP contribution in [0.5, 0.6) is 0 Å². The zero-order valence-electron chi connectivity index (χ0n) is 12.0. The average Bonchev–Trinajstić information content (AvgIpc) is 2.91. The molecule has 2 rings (SSSR count). The van der Waals surface area contributed by atoms with Crippen molar-refractivity contribution in [1.29, 1.82) is 0 Å². The Kier molecular flexibility index (Phi) is 6.46. The summed E-state index contributed by atoms with van der Waals surface area (Å²) in [5.74, 6) is 0. The van der Waals surface area contributed by atoms with Crippen LogP contribution in [0.15, 0.2) is 0 Å². The largest absolute Gasteiger partial charge is 0.377 e. The van der Waals surface area contributed by atoms with E-state index in [0.717, 1.165) is 19.2 Å². The highest BCUT2D eigenvalue weighted by Crippen LogP contribution is 2.21. The first kappa shape index (κ1) is 14.3. The van der Waals surface area contributed by atoms with E-state index in [0.29, 0.717) is 6.10 Å². The SMILES string of the molecule is CCCNC1CCC(OCCN2CCCC2)CC1. The van der Waals surface area contributed by atoms with E-state index in [9.17, 15) is 0 Å². The first-order chi connectivity index (χ1) is 8.88. The van der Waals surface area contributed by atoms with E-state index in [4.69, 9.17) is 4.74 Å². The molecular formula is C15H30N2O. The maximum Gasteiger partial charge on any atom is 0.0597 e. The second kappa shape index (κ2) is 8.13. The van der Waals surface area contributed by atoms with Crippen LogP contribution in [-0.2, 0) is 4.74 Å². The van der Waals surface area contributed by atoms with Gasteiger partial charge in [0.2, 0.25) is 0 Å². The van der Waals surface area contributed by atoms with Gasteiger partial charge >= 0.3 is 0 Å². The third-order valence-corrected chi connectivity index (χ3v) is 4.32. The molecular weight excluding hydrogens is 224 g/mol. The predicted molar refractivity (Wildman–Crippen MR) is 76.0 cm³/mol. The molecule has 3 nitrogen and oxygen atoms in total. The highest BCUT2D eigenvalue weighted by molar-refractivity contribution is 4.77. The van der Waals surface area contributed by atoms with Crippen LogP contribution in [0.4, 0.5) is 0 Å². The lowest BCUT2D eigenvalue weighted by Crippen LogP contribution is -2.36. The van der Waals surface area contributed by atoms with Gasteiger partial charge < -0.3 is 15.0 Å². The summed E-state index contributed by atoms with van der Waals surface area (Å²) in [7, 11) is 0. The average molecular weight is 254 g/mol. The molecule has 106 valence electrons. The standard InChI is InChI=1S/C15H30N2O/c1-2-9-16-14-5-7-15(8-6-14)18-13-12-17-10-3-4-11-17/h14-16H,2-13H2,1H3. The van der Waals surface area contributed by atoms with Crippen LogP contribution in [-0.4, -0.2) is 49.8 Å². The molecule has 3 heteroatoms. The Balaban J connectivity index is 1.50. The van der Waals surface area contributed by atoms with Crippen molar-refractivity contribution in [1.82, 2.24) is 10.2 Å². The lowest BCUT2D eigenvalue weighted by Gasteiger charge is -2.29. The van der Waals surface area contributed by atoms with Gasteiger partial charge in [-0.15, -0.1) is 0 Å². The molecule has 1 saturated carbocycles. The summed E-state index contributed by atoms with van der Waals surface area (Å²) in [5.41, 5.74) is 0. The summed E-state index contributed by atoms with van der Waals surface area (Å²) < 4.78 is 6.03. The van der Waals surface area contributed by atoms with Crippen molar-refractivity contribution < 1.29 is 4.74 Å². The molecule has 0 aromatic carbocycles. The maximum atomic E-state index is 6.03. The van der Waals surface area contributed by atoms with E-state index in [2.05, 4.69) is 17.1 Å². The molecule has 0 atom stereocenters. The van der Waals surface area contributed by atoms with Gasteiger partial charge in [-0.3, -0.25) is 0 Å². The van der Waals surface area contributed by atoms with Gasteiger partial charge in [0.25, 0.3) is 0 Å². The van der Waals surface area contributed by atoms with E-state index in [1.165, 1.54) is 64.6 Å². The molecule has 0 amide bonds. The van der Waals surface area contributed by atoms with Crippen molar-refractivity contribution in [3.05, 3.63) is 0 Å². The Morgan fingerprint density at radius 2 is 1.83 bits per heavy atom. The molecule has 1 heterocycles. The molecule has 2 fully saturated rings. The number of ether oxygens (including phenoxy) is 1. The van der Waals surface area contributed by atoms with Crippen molar-refractivity contribution in [2.45, 2.75) is 64.0 Å². The van der Waals surface area contributed by atoms with Crippen LogP contribution >= 0.6 is 0 Å². The molecule has 18 heavy (non-hydrogen) atoms. The van der Waals surface area contributed by atoms with Crippen LogP contribution in [0, 0.1) is 0 Å². The van der Waals surface area contributed by atoms with E-state index in [1.807, 2.05) is 0 Å². The van der Waals surface area contributed by atoms with Gasteiger partial charge in [-0.25, -0.2) is 0 Å². The second-order valence-electron chi connectivity index (χ2n) is 5.85. The fourth-order valence-electron chi connectivity index (χ4n) is 3.14. The van der Waals surface area contributed by atoms with Gasteiger partial charge in [-0.05, 0) is 64.6 Å². The van der Waals surface area contributed by atoms with E-state index < -0.39 is 0 Å². The third-order valence-electron chi connectivity index (χ3n) is 4.32. The number of nitrogens with one attached hydrogen (secondary N) is 1. The van der Waals surface area contributed by atoms with Gasteiger partial charge in [-0.1, -0.05) is 6.92 Å². The highest BCUT2D eigenvalue weighted by Gasteiger charge is 2.21. The van der Waals surface area contributed by atoms with Crippen LogP contribution < -0.4 is 5.32 Å². The van der Waals surface area contributed by atoms with Crippen LogP contribution in [0.3, 0.4) is 0 Å². The van der Waals surface area contributed by atoms with Gasteiger partial charge in [0.15, 0.2) is 0 Å². The van der Waals surface area contributed by atoms with Crippen molar-refractivity contribution in [3.63, 3.8) is 0 Å². The summed E-state index contributed by atoms with van der Waals surface area (Å²) in [5, 5.41) is 3.63. The van der Waals surface area contributed by atoms with Gasteiger partial charge in [0, 0.05) is 12.6 Å². The number of hydrogen-bond donors (Lipinski definition) is 1. The third kappa shape index (κ3) is 4.87. The monoisotopic (exact) mass is 254 g/mol. The smallest absolute Gasteiger partial charge is 0.0597 e. The van der Waals surface area contributed by atoms with E-state index in [1.54, 1.807) is 0 Å². The first-order valence-electron chi connectivity index (χ1n) is 7.96. The Bertz CT molecular complexity index is 209. The summed E-state index contributed by atoms with van der Waals surface area (Å²) >= 11 is 0. The van der Waals surface area contributed by atoms with Crippen molar-refractivity contribution >= 4 is 0 Å². The first-order valence-corrected chi connectivity index (χ1v) is 7.96. The molecule has 0 spiro atoms. The Labute approximate surface area is 112 Å². The second-order valence-corrected chi connectivity index (χ2v) is 5.85. The number of hydrogen-bond acceptors (Lipinski definition) is 3. The summed E-state index contributed by atoms with van der Waals surface area (Å²) in [6.07, 6.45) is 9.65. The van der Waals surface area contributed by atoms with Crippen LogP contribution in [0.1, 0.15) is 51.9 Å². The predicted octanol–water partition coefficient (Wildman–Crippen LogP) is 2.41. The lowest BCUT2D eigenvalue weighted by molar-refractivity contribution is 0.0136. The lowest BCUT2D eigenvalue weighted by atomic mass is 9.93. The topological polar surface area (TPSA) is 24.5 Å². The zero-order chi connectivity index (χ0) is 12.6. The molecule has 1 saturated heterocycles. The maximum absolute atomic E-state index is 6.03. The molecule has 0 radical (unpaired) electrons. The van der Waals surface area contributed by atoms with Gasteiger partial charge in [-0.2, -0.15) is 0 Å². The summed E-state index contributed by atoms with van der Waals surface area (Å²) in [6, 6.07) is 0.753. The van der Waals surface area contributed by atoms with Crippen molar-refractivity contribution in [3.8, 4) is 0 Å². The minimum absolute atomic E-state index is 0.535. The fraction of sp³-hybridized carbons (Fsp3) is 1.00. The fourth-order valence-corrected chi connectivity index (χ4v) is 3.14. The Hall–Kier alpha value is -0.120. The quantitative estimate of drug-likeness (QED) is 0.755. The molecule has 0 unspecified atom stereocenters. The molecule has 0 aromatic heterocycles.